The van der Waals surface area contributed by atoms with Crippen molar-refractivity contribution in [2.45, 2.75) is 38.3 Å². The van der Waals surface area contributed by atoms with E-state index in [4.69, 9.17) is 9.47 Å². The van der Waals surface area contributed by atoms with Gasteiger partial charge in [-0.15, -0.1) is 0 Å². The highest BCUT2D eigenvalue weighted by molar-refractivity contribution is 5.30. The molecule has 0 spiro atoms. The summed E-state index contributed by atoms with van der Waals surface area (Å²) in [6, 6.07) is 7.92. The Bertz CT molecular complexity index is 397. The lowest BCUT2D eigenvalue weighted by atomic mass is 9.89. The van der Waals surface area contributed by atoms with E-state index in [2.05, 4.69) is 12.2 Å². The highest BCUT2D eigenvalue weighted by Gasteiger charge is 2.28. The second kappa shape index (κ2) is 7.07. The third-order valence-electron chi connectivity index (χ3n) is 3.59. The Labute approximate surface area is 121 Å². The maximum atomic E-state index is 10.7. The summed E-state index contributed by atoms with van der Waals surface area (Å²) in [6.07, 6.45) is 1.63. The average molecular weight is 279 g/mol. The lowest BCUT2D eigenvalue weighted by Gasteiger charge is -2.32. The summed E-state index contributed by atoms with van der Waals surface area (Å²) in [5.41, 5.74) is 0.0514. The van der Waals surface area contributed by atoms with Gasteiger partial charge in [-0.3, -0.25) is 0 Å². The molecule has 1 aromatic carbocycles. The summed E-state index contributed by atoms with van der Waals surface area (Å²) in [5.74, 6) is 0.852. The predicted octanol–water partition coefficient (Wildman–Crippen LogP) is 2.06. The summed E-state index contributed by atoms with van der Waals surface area (Å²) in [6.45, 7) is 6.92. The number of morpholine rings is 1. The van der Waals surface area contributed by atoms with Crippen molar-refractivity contribution in [3.8, 4) is 5.75 Å². The third-order valence-corrected chi connectivity index (χ3v) is 3.59. The Hall–Kier alpha value is -1.10. The first-order valence-corrected chi connectivity index (χ1v) is 7.38. The molecule has 1 heterocycles. The first kappa shape index (κ1) is 15.3. The fraction of sp³-hybridized carbons (Fsp3) is 0.625. The van der Waals surface area contributed by atoms with Crippen molar-refractivity contribution in [1.82, 2.24) is 5.32 Å². The Morgan fingerprint density at radius 3 is 2.75 bits per heavy atom. The Balaban J connectivity index is 1.96. The van der Waals surface area contributed by atoms with E-state index >= 15 is 0 Å². The van der Waals surface area contributed by atoms with Crippen LogP contribution in [0.5, 0.6) is 5.75 Å². The number of hydrogen-bond acceptors (Lipinski definition) is 4. The van der Waals surface area contributed by atoms with Gasteiger partial charge in [-0.2, -0.15) is 0 Å². The van der Waals surface area contributed by atoms with Crippen LogP contribution >= 0.6 is 0 Å². The Kier molecular flexibility index (Phi) is 5.40. The fourth-order valence-corrected chi connectivity index (χ4v) is 2.48. The molecule has 0 radical (unpaired) electrons. The molecule has 2 atom stereocenters. The van der Waals surface area contributed by atoms with Crippen LogP contribution in [-0.2, 0) is 10.3 Å². The van der Waals surface area contributed by atoms with E-state index < -0.39 is 5.60 Å². The smallest absolute Gasteiger partial charge is 0.119 e. The molecule has 2 unspecified atom stereocenters. The molecular formula is C16H25NO3. The molecule has 1 aromatic rings. The molecular weight excluding hydrogens is 254 g/mol. The van der Waals surface area contributed by atoms with Crippen LogP contribution < -0.4 is 10.1 Å². The van der Waals surface area contributed by atoms with Crippen molar-refractivity contribution in [3.63, 3.8) is 0 Å². The lowest BCUT2D eigenvalue weighted by molar-refractivity contribution is 0.00320. The van der Waals surface area contributed by atoms with Crippen LogP contribution in [0.1, 0.15) is 32.3 Å². The van der Waals surface area contributed by atoms with E-state index in [1.54, 1.807) is 0 Å². The molecule has 2 N–H and O–H groups in total. The minimum atomic E-state index is -0.859. The Morgan fingerprint density at radius 1 is 1.40 bits per heavy atom. The standard InChI is InChI=1S/C16H25NO3/c1-3-9-20-15-6-4-13(5-7-15)16(2,18)11-14-12-19-10-8-17-14/h4-7,14,17-18H,3,8-12H2,1-2H3. The molecule has 0 bridgehead atoms. The normalized spacial score (nSPS) is 22.2. The van der Waals surface area contributed by atoms with E-state index in [-0.39, 0.29) is 6.04 Å². The van der Waals surface area contributed by atoms with Gasteiger partial charge in [0, 0.05) is 12.6 Å². The van der Waals surface area contributed by atoms with Gasteiger partial charge in [0.2, 0.25) is 0 Å². The number of benzene rings is 1. The summed E-state index contributed by atoms with van der Waals surface area (Å²) in [7, 11) is 0. The van der Waals surface area contributed by atoms with Gasteiger partial charge in [0.15, 0.2) is 0 Å². The maximum absolute atomic E-state index is 10.7. The topological polar surface area (TPSA) is 50.7 Å². The van der Waals surface area contributed by atoms with Gasteiger partial charge in [0.25, 0.3) is 0 Å². The minimum absolute atomic E-state index is 0.203. The van der Waals surface area contributed by atoms with Gasteiger partial charge in [-0.1, -0.05) is 19.1 Å². The number of ether oxygens (including phenoxy) is 2. The van der Waals surface area contributed by atoms with Crippen LogP contribution in [0.2, 0.25) is 0 Å². The Morgan fingerprint density at radius 2 is 2.15 bits per heavy atom. The van der Waals surface area contributed by atoms with Crippen molar-refractivity contribution in [2.24, 2.45) is 0 Å². The largest absolute Gasteiger partial charge is 0.494 e. The van der Waals surface area contributed by atoms with E-state index in [0.29, 0.717) is 13.0 Å². The highest BCUT2D eigenvalue weighted by Crippen LogP contribution is 2.28. The second-order valence-corrected chi connectivity index (χ2v) is 5.58. The SMILES string of the molecule is CCCOc1ccc(C(C)(O)CC2COCCN2)cc1. The lowest BCUT2D eigenvalue weighted by Crippen LogP contribution is -2.45. The van der Waals surface area contributed by atoms with E-state index in [0.717, 1.165) is 37.5 Å². The molecule has 20 heavy (non-hydrogen) atoms. The first-order chi connectivity index (χ1) is 9.62. The van der Waals surface area contributed by atoms with Gasteiger partial charge in [0.05, 0.1) is 25.4 Å². The number of aliphatic hydroxyl groups is 1. The van der Waals surface area contributed by atoms with Gasteiger partial charge in [-0.25, -0.2) is 0 Å². The van der Waals surface area contributed by atoms with Crippen molar-refractivity contribution < 1.29 is 14.6 Å². The van der Waals surface area contributed by atoms with Crippen LogP contribution in [0.25, 0.3) is 0 Å². The number of nitrogens with one attached hydrogen (secondary N) is 1. The zero-order chi connectivity index (χ0) is 14.4. The van der Waals surface area contributed by atoms with Crippen molar-refractivity contribution in [2.75, 3.05) is 26.4 Å². The van der Waals surface area contributed by atoms with E-state index in [9.17, 15) is 5.11 Å². The monoisotopic (exact) mass is 279 g/mol. The molecule has 4 heteroatoms. The highest BCUT2D eigenvalue weighted by atomic mass is 16.5. The molecule has 4 nitrogen and oxygen atoms in total. The maximum Gasteiger partial charge on any atom is 0.119 e. The molecule has 2 rings (SSSR count). The van der Waals surface area contributed by atoms with Crippen molar-refractivity contribution >= 4 is 0 Å². The van der Waals surface area contributed by atoms with Crippen LogP contribution in [0.15, 0.2) is 24.3 Å². The molecule has 1 saturated heterocycles. The molecule has 1 fully saturated rings. The summed E-state index contributed by atoms with van der Waals surface area (Å²) in [4.78, 5) is 0. The third kappa shape index (κ3) is 4.20. The molecule has 0 saturated carbocycles. The second-order valence-electron chi connectivity index (χ2n) is 5.58. The van der Waals surface area contributed by atoms with Crippen molar-refractivity contribution in [1.29, 1.82) is 0 Å². The summed E-state index contributed by atoms with van der Waals surface area (Å²) >= 11 is 0. The van der Waals surface area contributed by atoms with Gasteiger partial charge in [0.1, 0.15) is 5.75 Å². The fourth-order valence-electron chi connectivity index (χ4n) is 2.48. The summed E-state index contributed by atoms with van der Waals surface area (Å²) < 4.78 is 11.0. The molecule has 0 aliphatic carbocycles. The zero-order valence-corrected chi connectivity index (χ0v) is 12.4. The minimum Gasteiger partial charge on any atom is -0.494 e. The van der Waals surface area contributed by atoms with Crippen LogP contribution in [0.4, 0.5) is 0 Å². The predicted molar refractivity (Wildman–Crippen MR) is 79.0 cm³/mol. The molecule has 112 valence electrons. The van der Waals surface area contributed by atoms with E-state index in [1.807, 2.05) is 31.2 Å². The first-order valence-electron chi connectivity index (χ1n) is 7.38. The van der Waals surface area contributed by atoms with Gasteiger partial charge < -0.3 is 19.9 Å². The van der Waals surface area contributed by atoms with Crippen LogP contribution in [-0.4, -0.2) is 37.5 Å². The van der Waals surface area contributed by atoms with Crippen LogP contribution in [0.3, 0.4) is 0 Å². The molecule has 0 aromatic heterocycles. The van der Waals surface area contributed by atoms with E-state index in [1.165, 1.54) is 0 Å². The summed E-state index contributed by atoms with van der Waals surface area (Å²) in [5, 5.41) is 14.0. The molecule has 1 aliphatic rings. The van der Waals surface area contributed by atoms with Crippen LogP contribution in [0, 0.1) is 0 Å². The average Bonchev–Trinajstić information content (AvgIpc) is 2.46. The number of hydrogen-bond donors (Lipinski definition) is 2. The molecule has 1 aliphatic heterocycles. The zero-order valence-electron chi connectivity index (χ0n) is 12.4. The van der Waals surface area contributed by atoms with Gasteiger partial charge in [-0.05, 0) is 37.5 Å². The quantitative estimate of drug-likeness (QED) is 0.837. The number of rotatable bonds is 6. The van der Waals surface area contributed by atoms with Gasteiger partial charge >= 0.3 is 0 Å². The van der Waals surface area contributed by atoms with Crippen molar-refractivity contribution in [3.05, 3.63) is 29.8 Å². The molecule has 0 amide bonds.